The summed E-state index contributed by atoms with van der Waals surface area (Å²) in [5.41, 5.74) is -0.651. The van der Waals surface area contributed by atoms with Gasteiger partial charge >= 0.3 is 0 Å². The maximum Gasteiger partial charge on any atom is 0.271 e. The van der Waals surface area contributed by atoms with Crippen LogP contribution in [0.25, 0.3) is 0 Å². The fraction of sp³-hybridized carbons (Fsp3) is 1.00. The van der Waals surface area contributed by atoms with Crippen LogP contribution in [0.1, 0.15) is 70.6 Å². The number of rotatable bonds is 2. The van der Waals surface area contributed by atoms with Crippen LogP contribution in [0.15, 0.2) is 0 Å². The highest BCUT2D eigenvalue weighted by atomic mass is 32.2. The minimum atomic E-state index is -3.47. The highest BCUT2D eigenvalue weighted by Gasteiger charge is 2.71. The van der Waals surface area contributed by atoms with Gasteiger partial charge in [0.15, 0.2) is 11.6 Å². The zero-order chi connectivity index (χ0) is 20.2. The Labute approximate surface area is 178 Å². The van der Waals surface area contributed by atoms with Crippen LogP contribution in [0.3, 0.4) is 0 Å². The van der Waals surface area contributed by atoms with E-state index in [1.54, 1.807) is 0 Å². The third kappa shape index (κ3) is 2.58. The molecule has 7 rings (SSSR count). The Balaban J connectivity index is 1.09. The van der Waals surface area contributed by atoms with E-state index in [9.17, 15) is 8.42 Å². The van der Waals surface area contributed by atoms with Crippen molar-refractivity contribution in [2.45, 2.75) is 105 Å². The van der Waals surface area contributed by atoms with Crippen molar-refractivity contribution in [3.8, 4) is 0 Å². The highest BCUT2D eigenvalue weighted by Crippen LogP contribution is 2.63. The molecule has 8 heteroatoms. The van der Waals surface area contributed by atoms with E-state index in [0.29, 0.717) is 31.5 Å². The molecule has 0 aromatic rings. The molecule has 2 bridgehead atoms. The molecule has 8 atom stereocenters. The van der Waals surface area contributed by atoms with Gasteiger partial charge in [-0.15, -0.1) is 0 Å². The zero-order valence-corrected chi connectivity index (χ0v) is 18.2. The molecule has 30 heavy (non-hydrogen) atoms. The molecule has 4 saturated carbocycles. The molecule has 7 fully saturated rings. The first-order valence-corrected chi connectivity index (χ1v) is 13.5. The Morgan fingerprint density at radius 1 is 0.867 bits per heavy atom. The first kappa shape index (κ1) is 19.2. The lowest BCUT2D eigenvalue weighted by Gasteiger charge is -2.46. The average Bonchev–Trinajstić information content (AvgIpc) is 3.52. The van der Waals surface area contributed by atoms with Crippen LogP contribution in [0, 0.1) is 17.8 Å². The maximum atomic E-state index is 12.7. The van der Waals surface area contributed by atoms with Crippen molar-refractivity contribution >= 4 is 10.1 Å². The van der Waals surface area contributed by atoms with Crippen molar-refractivity contribution in [1.82, 2.24) is 0 Å². The molecular weight excluding hydrogens is 408 g/mol. The summed E-state index contributed by atoms with van der Waals surface area (Å²) in [6.07, 6.45) is 10.2. The summed E-state index contributed by atoms with van der Waals surface area (Å²) in [7, 11) is -3.47. The second-order valence-corrected chi connectivity index (χ2v) is 12.7. The lowest BCUT2D eigenvalue weighted by atomic mass is 9.78. The van der Waals surface area contributed by atoms with E-state index < -0.39 is 21.5 Å². The van der Waals surface area contributed by atoms with E-state index >= 15 is 0 Å². The smallest absolute Gasteiger partial charge is 0.271 e. The van der Waals surface area contributed by atoms with E-state index in [4.69, 9.17) is 23.1 Å². The van der Waals surface area contributed by atoms with Crippen LogP contribution in [-0.4, -0.2) is 56.3 Å². The van der Waals surface area contributed by atoms with Gasteiger partial charge in [-0.3, -0.25) is 4.18 Å². The van der Waals surface area contributed by atoms with Gasteiger partial charge in [-0.05, 0) is 50.4 Å². The normalized spacial score (nSPS) is 55.3. The Morgan fingerprint density at radius 3 is 2.57 bits per heavy atom. The van der Waals surface area contributed by atoms with Gasteiger partial charge in [-0.1, -0.05) is 0 Å². The number of fused-ring (bicyclic) bond motifs is 1. The first-order valence-electron chi connectivity index (χ1n) is 12.0. The molecule has 8 unspecified atom stereocenters. The summed E-state index contributed by atoms with van der Waals surface area (Å²) in [6, 6.07) is 0. The largest absolute Gasteiger partial charge is 0.350 e. The average molecular weight is 441 g/mol. The second-order valence-electron chi connectivity index (χ2n) is 11.0. The van der Waals surface area contributed by atoms with E-state index in [-0.39, 0.29) is 29.2 Å². The molecule has 0 aromatic heterocycles. The molecule has 0 amide bonds. The SMILES string of the molecule is O=S1(=O)OC2(C3CCOC4(CCC(C5COC6(CCCC6)O5)C4)O3)CC3CC2C1C3. The van der Waals surface area contributed by atoms with Gasteiger partial charge in [0.25, 0.3) is 10.1 Å². The molecule has 3 saturated heterocycles. The predicted molar refractivity (Wildman–Crippen MR) is 105 cm³/mol. The van der Waals surface area contributed by atoms with Gasteiger partial charge in [0, 0.05) is 38.0 Å². The van der Waals surface area contributed by atoms with Crippen molar-refractivity contribution in [3.63, 3.8) is 0 Å². The lowest BCUT2D eigenvalue weighted by molar-refractivity contribution is -0.318. The van der Waals surface area contributed by atoms with Gasteiger partial charge in [0.2, 0.25) is 0 Å². The summed E-state index contributed by atoms with van der Waals surface area (Å²) in [6.45, 7) is 1.28. The van der Waals surface area contributed by atoms with Crippen molar-refractivity contribution in [2.24, 2.45) is 17.8 Å². The van der Waals surface area contributed by atoms with Crippen LogP contribution >= 0.6 is 0 Å². The molecule has 2 spiro atoms. The summed E-state index contributed by atoms with van der Waals surface area (Å²) in [5.74, 6) is -0.0340. The Bertz CT molecular complexity index is 838. The van der Waals surface area contributed by atoms with Crippen molar-refractivity contribution in [1.29, 1.82) is 0 Å². The molecule has 4 aliphatic carbocycles. The van der Waals surface area contributed by atoms with E-state index in [2.05, 4.69) is 0 Å². The minimum Gasteiger partial charge on any atom is -0.350 e. The van der Waals surface area contributed by atoms with Crippen LogP contribution in [0.5, 0.6) is 0 Å². The quantitative estimate of drug-likeness (QED) is 0.611. The molecule has 7 aliphatic rings. The fourth-order valence-corrected chi connectivity index (χ4v) is 10.2. The van der Waals surface area contributed by atoms with Gasteiger partial charge in [0.05, 0.1) is 30.7 Å². The molecule has 7 nitrogen and oxygen atoms in total. The van der Waals surface area contributed by atoms with Crippen molar-refractivity contribution in [3.05, 3.63) is 0 Å². The first-order chi connectivity index (χ1) is 14.4. The van der Waals surface area contributed by atoms with Crippen LogP contribution in [-0.2, 0) is 33.2 Å². The summed E-state index contributed by atoms with van der Waals surface area (Å²) < 4.78 is 56.7. The van der Waals surface area contributed by atoms with Crippen LogP contribution in [0.2, 0.25) is 0 Å². The van der Waals surface area contributed by atoms with Crippen LogP contribution < -0.4 is 0 Å². The highest BCUT2D eigenvalue weighted by molar-refractivity contribution is 7.87. The monoisotopic (exact) mass is 440 g/mol. The number of hydrogen-bond donors (Lipinski definition) is 0. The summed E-state index contributed by atoms with van der Waals surface area (Å²) in [4.78, 5) is 0. The molecule has 3 heterocycles. The Hall–Kier alpha value is -0.250. The standard InChI is InChI=1S/C22H32O7S/c23-30(24)18-10-14-9-16(18)22(11-14,29-30)19-4-8-25-21(28-19)7-3-15(12-21)17-13-26-20(27-17)5-1-2-6-20/h14-19H,1-13H2. The van der Waals surface area contributed by atoms with E-state index in [1.165, 1.54) is 12.8 Å². The molecule has 168 valence electrons. The topological polar surface area (TPSA) is 80.3 Å². The van der Waals surface area contributed by atoms with Gasteiger partial charge in [-0.25, -0.2) is 0 Å². The van der Waals surface area contributed by atoms with Gasteiger partial charge in [0.1, 0.15) is 5.60 Å². The predicted octanol–water partition coefficient (Wildman–Crippen LogP) is 2.87. The van der Waals surface area contributed by atoms with Crippen LogP contribution in [0.4, 0.5) is 0 Å². The maximum absolute atomic E-state index is 12.7. The minimum absolute atomic E-state index is 0.0960. The number of ether oxygens (including phenoxy) is 4. The second kappa shape index (κ2) is 6.20. The molecular formula is C22H32O7S. The van der Waals surface area contributed by atoms with Crippen molar-refractivity contribution in [2.75, 3.05) is 13.2 Å². The fourth-order valence-electron chi connectivity index (χ4n) is 8.10. The van der Waals surface area contributed by atoms with Gasteiger partial charge in [-0.2, -0.15) is 8.42 Å². The lowest BCUT2D eigenvalue weighted by Crippen LogP contribution is -2.55. The molecule has 0 aromatic carbocycles. The molecule has 0 N–H and O–H groups in total. The third-order valence-electron chi connectivity index (χ3n) is 9.36. The summed E-state index contributed by atoms with van der Waals surface area (Å²) >= 11 is 0. The van der Waals surface area contributed by atoms with Gasteiger partial charge < -0.3 is 18.9 Å². The summed E-state index contributed by atoms with van der Waals surface area (Å²) in [5, 5.41) is -0.318. The molecule has 3 aliphatic heterocycles. The Kier molecular flexibility index (Phi) is 3.98. The van der Waals surface area contributed by atoms with Crippen molar-refractivity contribution < 1.29 is 31.5 Å². The Morgan fingerprint density at radius 2 is 1.73 bits per heavy atom. The van der Waals surface area contributed by atoms with E-state index in [0.717, 1.165) is 51.4 Å². The zero-order valence-electron chi connectivity index (χ0n) is 17.4. The number of hydrogen-bond acceptors (Lipinski definition) is 7. The molecule has 0 radical (unpaired) electrons. The van der Waals surface area contributed by atoms with E-state index in [1.807, 2.05) is 0 Å². The third-order valence-corrected chi connectivity index (χ3v) is 11.2.